The summed E-state index contributed by atoms with van der Waals surface area (Å²) in [7, 11) is 9.12. The number of hydrogen-bond donors (Lipinski definition) is 2. The van der Waals surface area contributed by atoms with Crippen LogP contribution in [-0.2, 0) is 75.7 Å². The van der Waals surface area contributed by atoms with Crippen LogP contribution in [0, 0.1) is 46.5 Å². The number of thiol groups is 2. The standard InChI is InChI=1S/C6H2F4S2.C6H2F4.C5H12.S8/c7-1-2(8)4(10)6(12)5(11)3(1)9;7-3-1-2-4(8)6(10)5(3)9;1-3-5-4-2;1-3-5-7-8-6-4-2/h11-12H;1-2H;3-5H2,1-2H3;. The van der Waals surface area contributed by atoms with Crippen molar-refractivity contribution < 1.29 is 35.1 Å². The lowest BCUT2D eigenvalue weighted by molar-refractivity contribution is 0.385. The highest BCUT2D eigenvalue weighted by Gasteiger charge is 2.21. The van der Waals surface area contributed by atoms with Gasteiger partial charge < -0.3 is 0 Å². The van der Waals surface area contributed by atoms with E-state index in [2.05, 4.69) is 61.5 Å². The van der Waals surface area contributed by atoms with Crippen molar-refractivity contribution in [2.24, 2.45) is 0 Å². The average Bonchev–Trinajstić information content (AvgIpc) is 2.86. The second-order valence-corrected chi connectivity index (χ2v) is 16.9. The van der Waals surface area contributed by atoms with E-state index in [1.165, 1.54) is 37.0 Å². The minimum atomic E-state index is -1.88. The second kappa shape index (κ2) is 22.3. The predicted molar refractivity (Wildman–Crippen MR) is 151 cm³/mol. The molecule has 0 aliphatic carbocycles. The van der Waals surface area contributed by atoms with Crippen LogP contribution in [-0.4, -0.2) is 0 Å². The van der Waals surface area contributed by atoms with E-state index in [0.717, 1.165) is 0 Å². The van der Waals surface area contributed by atoms with E-state index < -0.39 is 56.3 Å². The fourth-order valence-electron chi connectivity index (χ4n) is 1.51. The van der Waals surface area contributed by atoms with E-state index in [-0.39, 0.29) is 0 Å². The molecule has 0 bridgehead atoms. The van der Waals surface area contributed by atoms with Gasteiger partial charge in [-0.15, -0.1) is 25.3 Å². The van der Waals surface area contributed by atoms with Gasteiger partial charge in [-0.2, -0.15) is 0 Å². The third-order valence-corrected chi connectivity index (χ3v) is 15.2. The first-order valence-corrected chi connectivity index (χ1v) is 18.9. The van der Waals surface area contributed by atoms with Crippen LogP contribution in [0.25, 0.3) is 0 Å². The number of unbranched alkanes of at least 4 members (excludes halogenated alkanes) is 2. The third kappa shape index (κ3) is 15.4. The van der Waals surface area contributed by atoms with Gasteiger partial charge >= 0.3 is 0 Å². The Kier molecular flexibility index (Phi) is 23.9. The summed E-state index contributed by atoms with van der Waals surface area (Å²) in [6.45, 7) is 4.42. The van der Waals surface area contributed by atoms with Crippen molar-refractivity contribution in [3.63, 3.8) is 0 Å². The Hall–Kier alpha value is 0.340. The van der Waals surface area contributed by atoms with Crippen molar-refractivity contribution >= 4 is 101 Å². The van der Waals surface area contributed by atoms with Crippen LogP contribution in [0.5, 0.6) is 0 Å². The van der Waals surface area contributed by atoms with Crippen molar-refractivity contribution in [3.8, 4) is 0 Å². The van der Waals surface area contributed by atoms with Crippen LogP contribution in [0.3, 0.4) is 0 Å². The number of benzene rings is 2. The van der Waals surface area contributed by atoms with Crippen LogP contribution in [0.2, 0.25) is 0 Å². The van der Waals surface area contributed by atoms with Gasteiger partial charge in [0.05, 0.1) is 9.79 Å². The molecule has 0 amide bonds. The van der Waals surface area contributed by atoms with Crippen LogP contribution < -0.4 is 0 Å². The summed E-state index contributed by atoms with van der Waals surface area (Å²) in [5, 5.41) is 0. The molecule has 0 aliphatic rings. The van der Waals surface area contributed by atoms with Gasteiger partial charge in [-0.05, 0) is 12.1 Å². The van der Waals surface area contributed by atoms with Gasteiger partial charge in [0.25, 0.3) is 0 Å². The quantitative estimate of drug-likeness (QED) is 0.148. The van der Waals surface area contributed by atoms with Gasteiger partial charge in [0, 0.05) is 75.7 Å². The highest BCUT2D eigenvalue weighted by Crippen LogP contribution is 2.29. The topological polar surface area (TPSA) is 0 Å². The summed E-state index contributed by atoms with van der Waals surface area (Å²) in [5.74, 6) is -13.2. The summed E-state index contributed by atoms with van der Waals surface area (Å²) in [6.07, 6.45) is 4.08. The maximum Gasteiger partial charge on any atom is 0.198 e. The Morgan fingerprint density at radius 1 is 0.571 bits per heavy atom. The van der Waals surface area contributed by atoms with E-state index >= 15 is 0 Å². The summed E-state index contributed by atoms with van der Waals surface area (Å²) in [6, 6.07) is 1.04. The average molecular weight is 693 g/mol. The lowest BCUT2D eigenvalue weighted by Gasteiger charge is -2.03. The van der Waals surface area contributed by atoms with Gasteiger partial charge in [0.15, 0.2) is 46.5 Å². The highest BCUT2D eigenvalue weighted by atomic mass is 33.4. The van der Waals surface area contributed by atoms with Crippen molar-refractivity contribution in [1.29, 1.82) is 0 Å². The van der Waals surface area contributed by atoms with Crippen LogP contribution >= 0.6 is 25.3 Å². The lowest BCUT2D eigenvalue weighted by Crippen LogP contribution is -1.98. The maximum atomic E-state index is 12.5. The molecule has 0 saturated heterocycles. The van der Waals surface area contributed by atoms with Crippen molar-refractivity contribution in [3.05, 3.63) is 58.7 Å². The predicted octanol–water partition coefficient (Wildman–Crippen LogP) is 7.24. The molecule has 0 radical (unpaired) electrons. The number of hydrogen-bond acceptors (Lipinski definition) is 4. The van der Waals surface area contributed by atoms with E-state index in [1.807, 2.05) is 0 Å². The van der Waals surface area contributed by atoms with Crippen molar-refractivity contribution in [1.82, 2.24) is 0 Å². The molecule has 0 fully saturated rings. The first-order chi connectivity index (χ1) is 16.4. The normalized spacial score (nSPS) is 9.14. The molecular formula is C17H16F8S10. The smallest absolute Gasteiger partial charge is 0.198 e. The molecular weight excluding hydrogens is 677 g/mol. The molecule has 0 nitrogen and oxygen atoms in total. The van der Waals surface area contributed by atoms with Gasteiger partial charge in [-0.3, -0.25) is 0 Å². The molecule has 0 aromatic heterocycles. The summed E-state index contributed by atoms with van der Waals surface area (Å²) in [4.78, 5) is -1.29. The van der Waals surface area contributed by atoms with E-state index in [0.29, 0.717) is 12.1 Å². The molecule has 0 unspecified atom stereocenters. The van der Waals surface area contributed by atoms with Crippen molar-refractivity contribution in [2.75, 3.05) is 0 Å². The fraction of sp³-hybridized carbons (Fsp3) is 0.294. The molecule has 0 atom stereocenters. The third-order valence-electron chi connectivity index (χ3n) is 3.05. The molecule has 0 heterocycles. The molecule has 0 spiro atoms. The van der Waals surface area contributed by atoms with Crippen LogP contribution in [0.4, 0.5) is 35.1 Å². The Balaban J connectivity index is 0. The SMILES string of the molecule is CCCCC.Fc1c(F)c(F)c(S)c(S)c1F.Fc1ccc(F)c(F)c1F.S=S=S=S=S=S=S=S. The van der Waals surface area contributed by atoms with E-state index in [9.17, 15) is 35.1 Å². The van der Waals surface area contributed by atoms with Gasteiger partial charge in [0.1, 0.15) is 0 Å². The number of rotatable bonds is 2. The van der Waals surface area contributed by atoms with Gasteiger partial charge in [-0.1, -0.05) is 33.1 Å². The Morgan fingerprint density at radius 2 is 0.886 bits per heavy atom. The summed E-state index contributed by atoms with van der Waals surface area (Å²) in [5.41, 5.74) is 0. The Bertz CT molecular complexity index is 1050. The second-order valence-electron chi connectivity index (χ2n) is 5.37. The first-order valence-electron chi connectivity index (χ1n) is 8.70. The zero-order valence-corrected chi connectivity index (χ0v) is 25.8. The Labute approximate surface area is 235 Å². The van der Waals surface area contributed by atoms with Crippen LogP contribution in [0.15, 0.2) is 21.9 Å². The molecule has 18 heteroatoms. The maximum absolute atomic E-state index is 12.5. The van der Waals surface area contributed by atoms with Gasteiger partial charge in [-0.25, -0.2) is 35.1 Å². The lowest BCUT2D eigenvalue weighted by atomic mass is 10.3. The molecule has 2 aromatic carbocycles. The highest BCUT2D eigenvalue weighted by molar-refractivity contribution is 8.70. The first kappa shape index (κ1) is 37.5. The van der Waals surface area contributed by atoms with Crippen LogP contribution in [0.1, 0.15) is 33.1 Å². The summed E-state index contributed by atoms with van der Waals surface area (Å²) >= 11 is 16.0. The number of halogens is 8. The molecule has 35 heavy (non-hydrogen) atoms. The molecule has 2 rings (SSSR count). The van der Waals surface area contributed by atoms with Crippen molar-refractivity contribution in [2.45, 2.75) is 42.9 Å². The molecule has 2 aromatic rings. The minimum Gasteiger partial charge on any atom is -0.204 e. The largest absolute Gasteiger partial charge is 0.204 e. The fourth-order valence-corrected chi connectivity index (χ4v) is 12.9. The zero-order chi connectivity index (χ0) is 27.6. The Morgan fingerprint density at radius 3 is 1.11 bits per heavy atom. The van der Waals surface area contributed by atoms with Gasteiger partial charge in [0.2, 0.25) is 0 Å². The molecule has 0 N–H and O–H groups in total. The minimum absolute atomic E-state index is 0.522. The van der Waals surface area contributed by atoms with E-state index in [4.69, 9.17) is 0 Å². The molecule has 0 aliphatic heterocycles. The molecule has 200 valence electrons. The van der Waals surface area contributed by atoms with E-state index in [1.54, 1.807) is 35.5 Å². The molecule has 0 saturated carbocycles. The summed E-state index contributed by atoms with van der Waals surface area (Å²) < 4.78 is 97.7. The zero-order valence-electron chi connectivity index (χ0n) is 17.5. The monoisotopic (exact) mass is 692 g/mol.